The van der Waals surface area contributed by atoms with Gasteiger partial charge in [0.05, 0.1) is 22.5 Å². The lowest BCUT2D eigenvalue weighted by atomic mass is 10.2. The zero-order valence-electron chi connectivity index (χ0n) is 16.9. The minimum atomic E-state index is -3.79. The first-order valence-corrected chi connectivity index (χ1v) is 11.0. The first-order valence-electron chi connectivity index (χ1n) is 9.50. The molecule has 9 heteroatoms. The summed E-state index contributed by atoms with van der Waals surface area (Å²) in [5.74, 6) is 2.29. The largest absolute Gasteiger partial charge is 0.464 e. The van der Waals surface area contributed by atoms with Crippen LogP contribution >= 0.6 is 0 Å². The summed E-state index contributed by atoms with van der Waals surface area (Å²) in [5, 5.41) is 5.23. The molecule has 0 aliphatic carbocycles. The average Bonchev–Trinajstić information content (AvgIpc) is 3.22. The van der Waals surface area contributed by atoms with Crippen LogP contribution in [0.1, 0.15) is 37.1 Å². The molecule has 29 heavy (non-hydrogen) atoms. The zero-order chi connectivity index (χ0) is 21.2. The molecule has 0 atom stereocenters. The molecule has 0 saturated heterocycles. The third-order valence-electron chi connectivity index (χ3n) is 4.75. The van der Waals surface area contributed by atoms with Gasteiger partial charge in [0.2, 0.25) is 15.9 Å². The number of carbonyl (C=O) groups excluding carboxylic acids is 1. The Morgan fingerprint density at radius 1 is 1.28 bits per heavy atom. The number of benzene rings is 1. The third-order valence-corrected chi connectivity index (χ3v) is 5.66. The number of aromatic nitrogens is 2. The molecule has 0 bridgehead atoms. The van der Waals surface area contributed by atoms with Crippen molar-refractivity contribution in [1.82, 2.24) is 14.5 Å². The lowest BCUT2D eigenvalue weighted by molar-refractivity contribution is -0.130. The predicted octanol–water partition coefficient (Wildman–Crippen LogP) is 2.59. The summed E-state index contributed by atoms with van der Waals surface area (Å²) in [7, 11) is -2.05. The van der Waals surface area contributed by atoms with Crippen molar-refractivity contribution in [2.75, 3.05) is 7.05 Å². The van der Waals surface area contributed by atoms with Crippen LogP contribution in [0.15, 0.2) is 39.6 Å². The molecular formula is C20H26N4O4S. The van der Waals surface area contributed by atoms with Crippen LogP contribution in [0, 0.1) is 6.92 Å². The van der Waals surface area contributed by atoms with Gasteiger partial charge >= 0.3 is 0 Å². The van der Waals surface area contributed by atoms with Gasteiger partial charge in [-0.1, -0.05) is 6.92 Å². The fourth-order valence-corrected chi connectivity index (χ4v) is 3.84. The van der Waals surface area contributed by atoms with Crippen molar-refractivity contribution in [2.24, 2.45) is 5.14 Å². The van der Waals surface area contributed by atoms with Crippen molar-refractivity contribution >= 4 is 27.0 Å². The number of primary sulfonamides is 1. The van der Waals surface area contributed by atoms with E-state index in [1.807, 2.05) is 23.6 Å². The fourth-order valence-electron chi connectivity index (χ4n) is 3.30. The van der Waals surface area contributed by atoms with E-state index in [1.54, 1.807) is 18.0 Å². The molecule has 1 aromatic carbocycles. The number of fused-ring (bicyclic) bond motifs is 1. The Morgan fingerprint density at radius 3 is 2.66 bits per heavy atom. The number of hydrogen-bond acceptors (Lipinski definition) is 5. The summed E-state index contributed by atoms with van der Waals surface area (Å²) in [4.78, 5) is 18.8. The topological polar surface area (TPSA) is 111 Å². The molecule has 0 unspecified atom stereocenters. The summed E-state index contributed by atoms with van der Waals surface area (Å²) in [6.45, 7) is 5.06. The Morgan fingerprint density at radius 2 is 2.03 bits per heavy atom. The number of sulfonamides is 1. The van der Waals surface area contributed by atoms with E-state index in [-0.39, 0.29) is 10.8 Å². The van der Waals surface area contributed by atoms with Crippen LogP contribution in [0.4, 0.5) is 0 Å². The predicted molar refractivity (Wildman–Crippen MR) is 110 cm³/mol. The molecule has 0 saturated carbocycles. The molecule has 3 aromatic rings. The smallest absolute Gasteiger partial charge is 0.238 e. The van der Waals surface area contributed by atoms with Crippen molar-refractivity contribution in [3.63, 3.8) is 0 Å². The number of amides is 1. The van der Waals surface area contributed by atoms with Crippen molar-refractivity contribution in [2.45, 2.75) is 51.1 Å². The molecule has 156 valence electrons. The molecule has 2 heterocycles. The summed E-state index contributed by atoms with van der Waals surface area (Å²) in [5.41, 5.74) is 1.40. The van der Waals surface area contributed by atoms with Gasteiger partial charge in [0, 0.05) is 26.4 Å². The Balaban J connectivity index is 1.77. The van der Waals surface area contributed by atoms with E-state index >= 15 is 0 Å². The van der Waals surface area contributed by atoms with Crippen LogP contribution in [-0.2, 0) is 34.3 Å². The van der Waals surface area contributed by atoms with Gasteiger partial charge in [0.25, 0.3) is 0 Å². The quantitative estimate of drug-likeness (QED) is 0.604. The van der Waals surface area contributed by atoms with Crippen LogP contribution in [0.25, 0.3) is 11.0 Å². The molecule has 0 spiro atoms. The normalized spacial score (nSPS) is 11.9. The highest BCUT2D eigenvalue weighted by Gasteiger charge is 2.17. The maximum Gasteiger partial charge on any atom is 0.238 e. The molecule has 2 aromatic heterocycles. The number of nitrogens with zero attached hydrogens (tertiary/aromatic N) is 3. The van der Waals surface area contributed by atoms with E-state index in [4.69, 9.17) is 9.56 Å². The van der Waals surface area contributed by atoms with E-state index in [9.17, 15) is 13.2 Å². The van der Waals surface area contributed by atoms with E-state index < -0.39 is 10.0 Å². The van der Waals surface area contributed by atoms with Gasteiger partial charge in [-0.3, -0.25) is 4.79 Å². The Bertz CT molecular complexity index is 1130. The number of furan rings is 1. The molecule has 2 N–H and O–H groups in total. The standard InChI is InChI=1S/C20H26N4O4S/c1-4-11-24-18-8-7-16(29(21,26)27)12-17(18)22-19(24)9-10-20(25)23(3)13-15-6-5-14(2)28-15/h5-8,12H,4,9-11,13H2,1-3H3,(H2,21,26,27). The SMILES string of the molecule is CCCn1c(CCC(=O)N(C)Cc2ccc(C)o2)nc2cc(S(N)(=O)=O)ccc21. The van der Waals surface area contributed by atoms with E-state index in [1.165, 1.54) is 12.1 Å². The fraction of sp³-hybridized carbons (Fsp3) is 0.400. The second-order valence-electron chi connectivity index (χ2n) is 7.14. The van der Waals surface area contributed by atoms with Crippen molar-refractivity contribution in [3.05, 3.63) is 47.7 Å². The number of nitrogens with two attached hydrogens (primary N) is 1. The lowest BCUT2D eigenvalue weighted by Gasteiger charge is -2.16. The van der Waals surface area contributed by atoms with E-state index in [2.05, 4.69) is 11.9 Å². The zero-order valence-corrected chi connectivity index (χ0v) is 17.7. The average molecular weight is 419 g/mol. The van der Waals surface area contributed by atoms with E-state index in [0.29, 0.717) is 24.9 Å². The Labute approximate surface area is 170 Å². The highest BCUT2D eigenvalue weighted by molar-refractivity contribution is 7.89. The van der Waals surface area contributed by atoms with Crippen molar-refractivity contribution < 1.29 is 17.6 Å². The maximum absolute atomic E-state index is 12.5. The highest BCUT2D eigenvalue weighted by atomic mass is 32.2. The van der Waals surface area contributed by atoms with Crippen LogP contribution in [0.5, 0.6) is 0 Å². The number of carbonyl (C=O) groups is 1. The van der Waals surface area contributed by atoms with Crippen molar-refractivity contribution in [3.8, 4) is 0 Å². The molecule has 8 nitrogen and oxygen atoms in total. The first-order chi connectivity index (χ1) is 13.7. The maximum atomic E-state index is 12.5. The van der Waals surface area contributed by atoms with Gasteiger partial charge in [-0.25, -0.2) is 18.5 Å². The minimum absolute atomic E-state index is 0.0145. The molecule has 0 aliphatic rings. The van der Waals surface area contributed by atoms with Gasteiger partial charge < -0.3 is 13.9 Å². The molecule has 0 radical (unpaired) electrons. The number of imidazole rings is 1. The van der Waals surface area contributed by atoms with Crippen molar-refractivity contribution in [1.29, 1.82) is 0 Å². The van der Waals surface area contributed by atoms with Gasteiger partial charge in [0.1, 0.15) is 17.3 Å². The first kappa shape index (κ1) is 21.1. The van der Waals surface area contributed by atoms with Crippen LogP contribution in [0.3, 0.4) is 0 Å². The number of hydrogen-bond donors (Lipinski definition) is 1. The van der Waals surface area contributed by atoms with Gasteiger partial charge in [-0.15, -0.1) is 0 Å². The lowest BCUT2D eigenvalue weighted by Crippen LogP contribution is -2.26. The Hall–Kier alpha value is -2.65. The summed E-state index contributed by atoms with van der Waals surface area (Å²) in [6, 6.07) is 8.42. The van der Waals surface area contributed by atoms with Crippen LogP contribution in [-0.4, -0.2) is 35.8 Å². The molecule has 0 aliphatic heterocycles. The third kappa shape index (κ3) is 4.86. The number of aryl methyl sites for hydroxylation is 3. The van der Waals surface area contributed by atoms with Gasteiger partial charge in [0.15, 0.2) is 0 Å². The summed E-state index contributed by atoms with van der Waals surface area (Å²) < 4.78 is 30.8. The van der Waals surface area contributed by atoms with Crippen LogP contribution < -0.4 is 5.14 Å². The Kier molecular flexibility index (Phi) is 6.09. The second kappa shape index (κ2) is 8.38. The van der Waals surface area contributed by atoms with Gasteiger partial charge in [-0.05, 0) is 43.7 Å². The minimum Gasteiger partial charge on any atom is -0.464 e. The van der Waals surface area contributed by atoms with Gasteiger partial charge in [-0.2, -0.15) is 0 Å². The molecular weight excluding hydrogens is 392 g/mol. The highest BCUT2D eigenvalue weighted by Crippen LogP contribution is 2.21. The monoisotopic (exact) mass is 418 g/mol. The van der Waals surface area contributed by atoms with E-state index in [0.717, 1.165) is 35.8 Å². The molecule has 1 amide bonds. The number of rotatable bonds is 8. The van der Waals surface area contributed by atoms with Crippen LogP contribution in [0.2, 0.25) is 0 Å². The summed E-state index contributed by atoms with van der Waals surface area (Å²) in [6.07, 6.45) is 1.64. The second-order valence-corrected chi connectivity index (χ2v) is 8.70. The summed E-state index contributed by atoms with van der Waals surface area (Å²) >= 11 is 0. The molecule has 0 fully saturated rings. The molecule has 3 rings (SSSR count).